The van der Waals surface area contributed by atoms with Gasteiger partial charge in [-0.3, -0.25) is 4.79 Å². The van der Waals surface area contributed by atoms with Gasteiger partial charge in [0.15, 0.2) is 18.9 Å². The number of aliphatic hydroxyl groups is 6. The van der Waals surface area contributed by atoms with Crippen LogP contribution >= 0.6 is 0 Å². The highest BCUT2D eigenvalue weighted by Crippen LogP contribution is 2.29. The molecule has 57 heavy (non-hydrogen) atoms. The summed E-state index contributed by atoms with van der Waals surface area (Å²) in [6, 6.07) is 0. The lowest BCUT2D eigenvalue weighted by Gasteiger charge is -2.41. The van der Waals surface area contributed by atoms with Gasteiger partial charge in [0.25, 0.3) is 0 Å². The summed E-state index contributed by atoms with van der Waals surface area (Å²) >= 11 is 0. The predicted molar refractivity (Wildman–Crippen MR) is 210 cm³/mol. The van der Waals surface area contributed by atoms with Crippen molar-refractivity contribution in [2.45, 2.75) is 171 Å². The summed E-state index contributed by atoms with van der Waals surface area (Å²) in [6.45, 7) is 0.626. The molecule has 15 nitrogen and oxygen atoms in total. The maximum absolute atomic E-state index is 13.0. The number of ether oxygens (including phenoxy) is 8. The molecule has 0 aromatic heterocycles. The number of allylic oxidation sites excluding steroid dienone is 8. The van der Waals surface area contributed by atoms with Gasteiger partial charge in [0, 0.05) is 39.2 Å². The molecule has 328 valence electrons. The van der Waals surface area contributed by atoms with Crippen LogP contribution < -0.4 is 0 Å². The first-order chi connectivity index (χ1) is 27.7. The average molecular weight is 815 g/mol. The Kier molecular flexibility index (Phi) is 25.2. The third-order valence-corrected chi connectivity index (χ3v) is 9.91. The predicted octanol–water partition coefficient (Wildman–Crippen LogP) is 3.27. The lowest BCUT2D eigenvalue weighted by molar-refractivity contribution is -0.317. The number of esters is 1. The topological polar surface area (TPSA) is 212 Å². The molecule has 12 atom stereocenters. The fourth-order valence-electron chi connectivity index (χ4n) is 6.76. The molecule has 3 saturated heterocycles. The van der Waals surface area contributed by atoms with Crippen LogP contribution in [0.5, 0.6) is 0 Å². The molecule has 0 saturated carbocycles. The first kappa shape index (κ1) is 49.3. The molecule has 0 aromatic rings. The van der Waals surface area contributed by atoms with Crippen molar-refractivity contribution >= 4 is 5.97 Å². The van der Waals surface area contributed by atoms with Crippen molar-refractivity contribution in [1.82, 2.24) is 0 Å². The monoisotopic (exact) mass is 814 g/mol. The minimum absolute atomic E-state index is 0.101. The molecule has 0 spiro atoms. The highest BCUT2D eigenvalue weighted by Gasteiger charge is 2.43. The van der Waals surface area contributed by atoms with Gasteiger partial charge in [-0.2, -0.15) is 0 Å². The lowest BCUT2D eigenvalue weighted by Crippen LogP contribution is -2.54. The van der Waals surface area contributed by atoms with Crippen molar-refractivity contribution in [2.75, 3.05) is 40.1 Å². The highest BCUT2D eigenvalue weighted by molar-refractivity contribution is 5.69. The number of hydrogen-bond acceptors (Lipinski definition) is 15. The number of hydrogen-bond donors (Lipinski definition) is 6. The van der Waals surface area contributed by atoms with Crippen LogP contribution in [0.25, 0.3) is 0 Å². The molecule has 0 aromatic carbocycles. The highest BCUT2D eigenvalue weighted by atomic mass is 16.7. The van der Waals surface area contributed by atoms with Gasteiger partial charge in [-0.25, -0.2) is 0 Å². The van der Waals surface area contributed by atoms with Crippen molar-refractivity contribution in [1.29, 1.82) is 0 Å². The van der Waals surface area contributed by atoms with Crippen LogP contribution in [0, 0.1) is 0 Å². The Morgan fingerprint density at radius 1 is 0.702 bits per heavy atom. The van der Waals surface area contributed by atoms with Crippen LogP contribution in [0.2, 0.25) is 0 Å². The molecule has 1 unspecified atom stereocenters. The molecule has 3 aliphatic rings. The summed E-state index contributed by atoms with van der Waals surface area (Å²) < 4.78 is 46.2. The van der Waals surface area contributed by atoms with E-state index in [4.69, 9.17) is 37.9 Å². The Bertz CT molecular complexity index is 1180. The molecule has 3 aliphatic heterocycles. The van der Waals surface area contributed by atoms with Gasteiger partial charge in [-0.1, -0.05) is 68.4 Å². The molecule has 0 radical (unpaired) electrons. The van der Waals surface area contributed by atoms with E-state index >= 15 is 0 Å². The summed E-state index contributed by atoms with van der Waals surface area (Å²) in [6.07, 6.45) is 15.4. The summed E-state index contributed by atoms with van der Waals surface area (Å²) in [5, 5.41) is 61.1. The van der Waals surface area contributed by atoms with Crippen LogP contribution in [-0.4, -0.2) is 151 Å². The molecular formula is C42H70O15. The Labute approximate surface area is 338 Å². The van der Waals surface area contributed by atoms with E-state index < -0.39 is 86.4 Å². The van der Waals surface area contributed by atoms with E-state index in [9.17, 15) is 35.4 Å². The molecule has 0 bridgehead atoms. The van der Waals surface area contributed by atoms with Crippen LogP contribution in [0.4, 0.5) is 0 Å². The van der Waals surface area contributed by atoms with E-state index in [2.05, 4.69) is 49.5 Å². The molecular weight excluding hydrogens is 744 g/mol. The molecule has 3 heterocycles. The van der Waals surface area contributed by atoms with Crippen molar-refractivity contribution in [3.05, 3.63) is 48.6 Å². The second kappa shape index (κ2) is 29.2. The third kappa shape index (κ3) is 19.2. The number of carbonyl (C=O) groups is 1. The smallest absolute Gasteiger partial charge is 0.306 e. The first-order valence-corrected chi connectivity index (χ1v) is 20.7. The summed E-state index contributed by atoms with van der Waals surface area (Å²) in [5.41, 5.74) is 0. The van der Waals surface area contributed by atoms with E-state index in [-0.39, 0.29) is 58.5 Å². The normalized spacial score (nSPS) is 31.9. The van der Waals surface area contributed by atoms with Crippen molar-refractivity contribution in [3.8, 4) is 0 Å². The Balaban J connectivity index is 1.51. The SMILES string of the molecule is CCCCC/C=C\C/C=C\C/C=C\C/C=C\CCCC(=O)OC(CO[C@@H]1O[C@H](CO)C[C@H](O[C@H]2C[C@@H](O)C[C@@H](CO)O2)[C@H]1O)CO[C@@H]1O[C@H](CO)C[C@H](O)[C@H]1OC. The van der Waals surface area contributed by atoms with Gasteiger partial charge >= 0.3 is 5.97 Å². The molecule has 6 N–H and O–H groups in total. The largest absolute Gasteiger partial charge is 0.457 e. The van der Waals surface area contributed by atoms with Gasteiger partial charge in [-0.15, -0.1) is 0 Å². The van der Waals surface area contributed by atoms with Crippen molar-refractivity contribution in [3.63, 3.8) is 0 Å². The Hall–Kier alpha value is -2.09. The van der Waals surface area contributed by atoms with Gasteiger partial charge in [0.1, 0.15) is 18.3 Å². The third-order valence-electron chi connectivity index (χ3n) is 9.91. The van der Waals surface area contributed by atoms with Crippen LogP contribution in [-0.2, 0) is 42.7 Å². The summed E-state index contributed by atoms with van der Waals surface area (Å²) in [4.78, 5) is 13.0. The van der Waals surface area contributed by atoms with E-state index in [1.165, 1.54) is 26.4 Å². The quantitative estimate of drug-likeness (QED) is 0.0399. The first-order valence-electron chi connectivity index (χ1n) is 20.7. The standard InChI is InChI=1S/C42H70O15/c1-3-4-5-6-7-8-9-10-11-12-13-14-15-16-17-18-19-20-37(48)53-34(29-52-42-40(50-2)35(47)23-32(26-44)56-42)28-51-41-39(49)36(24-33(27-45)55-41)57-38-22-30(46)21-31(25-43)54-38/h7-8,10-11,13-14,16-17,30-36,38-47,49H,3-6,9,12,15,18-29H2,1-2H3/b8-7-,11-10-,14-13-,17-16-/t30-,31-,32-,33-,34?,35-,36-,38-,39+,40+,41+,42+/m0/s1. The van der Waals surface area contributed by atoms with Crippen LogP contribution in [0.3, 0.4) is 0 Å². The van der Waals surface area contributed by atoms with Gasteiger partial charge in [0.2, 0.25) is 0 Å². The van der Waals surface area contributed by atoms with Gasteiger partial charge in [-0.05, 0) is 44.9 Å². The molecule has 0 aliphatic carbocycles. The van der Waals surface area contributed by atoms with E-state index in [1.54, 1.807) is 0 Å². The fraction of sp³-hybridized carbons (Fsp3) is 0.786. The molecule has 0 amide bonds. The van der Waals surface area contributed by atoms with E-state index in [0.717, 1.165) is 25.7 Å². The molecule has 15 heteroatoms. The number of unbranched alkanes of at least 4 members (excludes halogenated alkanes) is 4. The van der Waals surface area contributed by atoms with Crippen molar-refractivity contribution in [2.24, 2.45) is 0 Å². The van der Waals surface area contributed by atoms with Crippen LogP contribution in [0.15, 0.2) is 48.6 Å². The lowest BCUT2D eigenvalue weighted by atomic mass is 10.0. The minimum atomic E-state index is -1.36. The Morgan fingerprint density at radius 3 is 1.88 bits per heavy atom. The van der Waals surface area contributed by atoms with E-state index in [1.807, 2.05) is 6.08 Å². The zero-order valence-corrected chi connectivity index (χ0v) is 33.8. The molecule has 3 fully saturated rings. The number of aliphatic hydroxyl groups excluding tert-OH is 6. The minimum Gasteiger partial charge on any atom is -0.457 e. The van der Waals surface area contributed by atoms with Gasteiger partial charge < -0.3 is 68.5 Å². The number of rotatable bonds is 27. The summed E-state index contributed by atoms with van der Waals surface area (Å²) in [5.74, 6) is -0.504. The second-order valence-corrected chi connectivity index (χ2v) is 14.8. The fourth-order valence-corrected chi connectivity index (χ4v) is 6.76. The second-order valence-electron chi connectivity index (χ2n) is 14.8. The van der Waals surface area contributed by atoms with Crippen molar-refractivity contribution < 1.29 is 73.3 Å². The number of carbonyl (C=O) groups excluding carboxylic acids is 1. The van der Waals surface area contributed by atoms with Crippen LogP contribution in [0.1, 0.15) is 96.8 Å². The zero-order chi connectivity index (χ0) is 41.3. The zero-order valence-electron chi connectivity index (χ0n) is 33.8. The maximum Gasteiger partial charge on any atom is 0.306 e. The summed E-state index contributed by atoms with van der Waals surface area (Å²) in [7, 11) is 1.40. The maximum atomic E-state index is 13.0. The Morgan fingerprint density at radius 2 is 1.26 bits per heavy atom. The van der Waals surface area contributed by atoms with E-state index in [0.29, 0.717) is 12.8 Å². The average Bonchev–Trinajstić information content (AvgIpc) is 3.20. The van der Waals surface area contributed by atoms with Gasteiger partial charge in [0.05, 0.1) is 69.7 Å². The number of methoxy groups -OCH3 is 1. The molecule has 3 rings (SSSR count).